The maximum Gasteiger partial charge on any atom is 0.417 e. The van der Waals surface area contributed by atoms with Gasteiger partial charge in [-0.15, -0.1) is 0 Å². The first kappa shape index (κ1) is 26.0. The first-order valence-electron chi connectivity index (χ1n) is 11.3. The molecule has 0 aliphatic carbocycles. The molecular formula is C25H24F3N5O3S. The number of amides is 1. The number of rotatable bonds is 8. The predicted octanol–water partition coefficient (Wildman–Crippen LogP) is 5.56. The van der Waals surface area contributed by atoms with Crippen molar-refractivity contribution in [1.29, 1.82) is 0 Å². The van der Waals surface area contributed by atoms with E-state index in [1.54, 1.807) is 7.05 Å². The number of aryl methyl sites for hydroxylation is 1. The Labute approximate surface area is 211 Å². The summed E-state index contributed by atoms with van der Waals surface area (Å²) in [6.45, 7) is 2.59. The zero-order valence-corrected chi connectivity index (χ0v) is 20.7. The molecule has 0 radical (unpaired) electrons. The predicted molar refractivity (Wildman–Crippen MR) is 136 cm³/mol. The zero-order valence-electron chi connectivity index (χ0n) is 19.9. The normalized spacial score (nSPS) is 11.9. The smallest absolute Gasteiger partial charge is 0.388 e. The van der Waals surface area contributed by atoms with Crippen LogP contribution >= 0.6 is 0 Å². The SMILES string of the molecule is CCCn1c(NC(=O)c2cccc(NS(=O)(=O)c3ccccc3C(F)(F)F)c2)nc2cc(NC)ccc21. The number of aromatic nitrogens is 2. The molecule has 0 aliphatic heterocycles. The van der Waals surface area contributed by atoms with E-state index >= 15 is 0 Å². The molecule has 1 heterocycles. The number of carbonyl (C=O) groups is 1. The van der Waals surface area contributed by atoms with E-state index in [0.717, 1.165) is 29.8 Å². The van der Waals surface area contributed by atoms with Gasteiger partial charge in [0.15, 0.2) is 0 Å². The molecule has 1 amide bonds. The van der Waals surface area contributed by atoms with Crippen molar-refractivity contribution in [2.75, 3.05) is 22.4 Å². The largest absolute Gasteiger partial charge is 0.417 e. The molecule has 0 unspecified atom stereocenters. The van der Waals surface area contributed by atoms with Gasteiger partial charge in [0.25, 0.3) is 15.9 Å². The Kier molecular flexibility index (Phi) is 7.12. The number of nitrogens with one attached hydrogen (secondary N) is 3. The highest BCUT2D eigenvalue weighted by Gasteiger charge is 2.37. The van der Waals surface area contributed by atoms with Crippen molar-refractivity contribution in [3.8, 4) is 0 Å². The average molecular weight is 532 g/mol. The van der Waals surface area contributed by atoms with Crippen LogP contribution in [0.15, 0.2) is 71.6 Å². The third-order valence-corrected chi connectivity index (χ3v) is 7.01. The second-order valence-corrected chi connectivity index (χ2v) is 9.83. The van der Waals surface area contributed by atoms with Crippen LogP contribution in [0.1, 0.15) is 29.3 Å². The maximum absolute atomic E-state index is 13.3. The van der Waals surface area contributed by atoms with Gasteiger partial charge in [0.05, 0.1) is 21.5 Å². The van der Waals surface area contributed by atoms with E-state index in [0.29, 0.717) is 24.1 Å². The number of carbonyl (C=O) groups excluding carboxylic acids is 1. The molecule has 4 aromatic rings. The van der Waals surface area contributed by atoms with Gasteiger partial charge in [-0.25, -0.2) is 13.4 Å². The highest BCUT2D eigenvalue weighted by atomic mass is 32.2. The van der Waals surface area contributed by atoms with Crippen LogP contribution in [0.2, 0.25) is 0 Å². The molecule has 0 spiro atoms. The molecule has 194 valence electrons. The summed E-state index contributed by atoms with van der Waals surface area (Å²) in [7, 11) is -2.80. The van der Waals surface area contributed by atoms with Gasteiger partial charge in [0.2, 0.25) is 5.95 Å². The summed E-state index contributed by atoms with van der Waals surface area (Å²) in [6, 6.07) is 15.0. The van der Waals surface area contributed by atoms with Crippen LogP contribution < -0.4 is 15.4 Å². The van der Waals surface area contributed by atoms with Gasteiger partial charge >= 0.3 is 6.18 Å². The Morgan fingerprint density at radius 2 is 1.76 bits per heavy atom. The van der Waals surface area contributed by atoms with Crippen LogP contribution in [0, 0.1) is 0 Å². The first-order valence-corrected chi connectivity index (χ1v) is 12.8. The summed E-state index contributed by atoms with van der Waals surface area (Å²) >= 11 is 0. The number of alkyl halides is 3. The number of halogens is 3. The monoisotopic (exact) mass is 531 g/mol. The zero-order chi connectivity index (χ0) is 26.8. The van der Waals surface area contributed by atoms with Gasteiger partial charge < -0.3 is 9.88 Å². The van der Waals surface area contributed by atoms with Crippen molar-refractivity contribution < 1.29 is 26.4 Å². The van der Waals surface area contributed by atoms with Crippen LogP contribution in [0.3, 0.4) is 0 Å². The Balaban J connectivity index is 1.61. The lowest BCUT2D eigenvalue weighted by atomic mass is 10.2. The van der Waals surface area contributed by atoms with Crippen LogP contribution in [0.5, 0.6) is 0 Å². The van der Waals surface area contributed by atoms with Crippen molar-refractivity contribution in [3.05, 3.63) is 77.9 Å². The molecule has 0 saturated carbocycles. The minimum atomic E-state index is -4.86. The molecule has 3 N–H and O–H groups in total. The minimum absolute atomic E-state index is 0.0645. The van der Waals surface area contributed by atoms with E-state index in [9.17, 15) is 26.4 Å². The number of hydrogen-bond acceptors (Lipinski definition) is 5. The van der Waals surface area contributed by atoms with Crippen molar-refractivity contribution in [3.63, 3.8) is 0 Å². The molecule has 0 saturated heterocycles. The van der Waals surface area contributed by atoms with E-state index < -0.39 is 32.6 Å². The standard InChI is InChI=1S/C25H24F3N5O3S/c1-3-13-33-21-12-11-17(29-2)15-20(21)30-24(33)31-23(34)16-7-6-8-18(14-16)32-37(35,36)22-10-5-4-9-19(22)25(26,27)28/h4-12,14-15,29,32H,3,13H2,1-2H3,(H,30,31,34). The van der Waals surface area contributed by atoms with Crippen LogP contribution in [0.4, 0.5) is 30.5 Å². The van der Waals surface area contributed by atoms with Crippen molar-refractivity contribution in [2.45, 2.75) is 31.0 Å². The second-order valence-electron chi connectivity index (χ2n) is 8.17. The number of imidazole rings is 1. The molecule has 3 aromatic carbocycles. The number of hydrogen-bond donors (Lipinski definition) is 3. The second kappa shape index (κ2) is 10.1. The Morgan fingerprint density at radius 1 is 1.00 bits per heavy atom. The Hall–Kier alpha value is -4.06. The number of nitrogens with zero attached hydrogens (tertiary/aromatic N) is 2. The number of sulfonamides is 1. The molecule has 1 aromatic heterocycles. The highest BCUT2D eigenvalue weighted by molar-refractivity contribution is 7.92. The topological polar surface area (TPSA) is 105 Å². The van der Waals surface area contributed by atoms with Crippen LogP contribution in [-0.4, -0.2) is 30.9 Å². The van der Waals surface area contributed by atoms with Crippen LogP contribution in [0.25, 0.3) is 11.0 Å². The van der Waals surface area contributed by atoms with E-state index in [1.807, 2.05) is 29.7 Å². The van der Waals surface area contributed by atoms with Gasteiger partial charge in [0.1, 0.15) is 0 Å². The van der Waals surface area contributed by atoms with E-state index in [2.05, 4.69) is 20.3 Å². The fourth-order valence-corrected chi connectivity index (χ4v) is 5.15. The summed E-state index contributed by atoms with van der Waals surface area (Å²) in [5, 5.41) is 5.80. The lowest BCUT2D eigenvalue weighted by Gasteiger charge is -2.15. The molecule has 4 rings (SSSR count). The molecule has 0 atom stereocenters. The number of anilines is 3. The third-order valence-electron chi connectivity index (χ3n) is 5.57. The van der Waals surface area contributed by atoms with Crippen molar-refractivity contribution in [1.82, 2.24) is 9.55 Å². The lowest BCUT2D eigenvalue weighted by Crippen LogP contribution is -2.19. The molecule has 0 fully saturated rings. The highest BCUT2D eigenvalue weighted by Crippen LogP contribution is 2.34. The number of benzene rings is 3. The maximum atomic E-state index is 13.3. The molecule has 0 bridgehead atoms. The molecule has 8 nitrogen and oxygen atoms in total. The molecule has 37 heavy (non-hydrogen) atoms. The fourth-order valence-electron chi connectivity index (χ4n) is 3.87. The number of fused-ring (bicyclic) bond motifs is 1. The minimum Gasteiger partial charge on any atom is -0.388 e. The summed E-state index contributed by atoms with van der Waals surface area (Å²) in [5.41, 5.74) is 1.12. The van der Waals surface area contributed by atoms with Crippen LogP contribution in [-0.2, 0) is 22.7 Å². The Bertz CT molecular complexity index is 1570. The van der Waals surface area contributed by atoms with Gasteiger partial charge in [-0.2, -0.15) is 13.2 Å². The first-order chi connectivity index (χ1) is 17.5. The summed E-state index contributed by atoms with van der Waals surface area (Å²) in [5.74, 6) is -0.238. The Morgan fingerprint density at radius 3 is 2.46 bits per heavy atom. The average Bonchev–Trinajstić information content (AvgIpc) is 3.19. The quantitative estimate of drug-likeness (QED) is 0.276. The van der Waals surface area contributed by atoms with E-state index in [-0.39, 0.29) is 11.3 Å². The summed E-state index contributed by atoms with van der Waals surface area (Å²) in [6.07, 6.45) is -4.07. The third kappa shape index (κ3) is 5.53. The van der Waals surface area contributed by atoms with E-state index in [4.69, 9.17) is 0 Å². The molecular weight excluding hydrogens is 507 g/mol. The van der Waals surface area contributed by atoms with Crippen molar-refractivity contribution >= 4 is 44.3 Å². The van der Waals surface area contributed by atoms with Gasteiger partial charge in [-0.05, 0) is 55.0 Å². The summed E-state index contributed by atoms with van der Waals surface area (Å²) < 4.78 is 69.6. The molecule has 12 heteroatoms. The lowest BCUT2D eigenvalue weighted by molar-refractivity contribution is -0.139. The van der Waals surface area contributed by atoms with Gasteiger partial charge in [0, 0.05) is 30.5 Å². The van der Waals surface area contributed by atoms with E-state index in [1.165, 1.54) is 30.3 Å². The van der Waals surface area contributed by atoms with Gasteiger partial charge in [-0.3, -0.25) is 14.8 Å². The summed E-state index contributed by atoms with van der Waals surface area (Å²) in [4.78, 5) is 16.7. The van der Waals surface area contributed by atoms with Crippen molar-refractivity contribution in [2.24, 2.45) is 0 Å². The fraction of sp³-hybridized carbons (Fsp3) is 0.200. The van der Waals surface area contributed by atoms with Gasteiger partial charge in [-0.1, -0.05) is 25.1 Å². The molecule has 0 aliphatic rings.